The van der Waals surface area contributed by atoms with E-state index >= 15 is 0 Å². The molecule has 41 heavy (non-hydrogen) atoms. The Morgan fingerprint density at radius 3 is 2.80 bits per heavy atom. The van der Waals surface area contributed by atoms with Gasteiger partial charge in [0.05, 0.1) is 30.1 Å². The molecule has 1 fully saturated rings. The number of fused-ring (bicyclic) bond motifs is 1. The van der Waals surface area contributed by atoms with Crippen molar-refractivity contribution in [3.63, 3.8) is 0 Å². The number of alkyl halides is 3. The van der Waals surface area contributed by atoms with E-state index in [4.69, 9.17) is 5.26 Å². The molecular formula is C26H25F3N10O2. The lowest BCUT2D eigenvalue weighted by Gasteiger charge is -2.13. The first-order valence-electron chi connectivity index (χ1n) is 12.6. The quantitative estimate of drug-likeness (QED) is 0.254. The zero-order valence-electron chi connectivity index (χ0n) is 21.8. The van der Waals surface area contributed by atoms with Crippen LogP contribution in [0.15, 0.2) is 43.0 Å². The third kappa shape index (κ3) is 5.97. The van der Waals surface area contributed by atoms with Gasteiger partial charge in [-0.1, -0.05) is 0 Å². The number of benzene rings is 1. The van der Waals surface area contributed by atoms with Crippen LogP contribution in [-0.2, 0) is 17.5 Å². The zero-order valence-corrected chi connectivity index (χ0v) is 21.8. The largest absolute Gasteiger partial charge is 0.435 e. The van der Waals surface area contributed by atoms with E-state index in [-0.39, 0.29) is 47.8 Å². The molecule has 0 aliphatic carbocycles. The van der Waals surface area contributed by atoms with Crippen LogP contribution >= 0.6 is 0 Å². The molecule has 0 radical (unpaired) electrons. The molecule has 0 bridgehead atoms. The van der Waals surface area contributed by atoms with Crippen molar-refractivity contribution in [3.05, 3.63) is 59.8 Å². The molecule has 2 amide bonds. The van der Waals surface area contributed by atoms with E-state index in [0.29, 0.717) is 23.4 Å². The van der Waals surface area contributed by atoms with Gasteiger partial charge in [-0.25, -0.2) is 9.97 Å². The number of aromatic nitrogens is 5. The molecule has 212 valence electrons. The second kappa shape index (κ2) is 11.3. The van der Waals surface area contributed by atoms with Gasteiger partial charge in [0.2, 0.25) is 5.91 Å². The second-order valence-corrected chi connectivity index (χ2v) is 9.45. The van der Waals surface area contributed by atoms with Crippen molar-refractivity contribution in [2.45, 2.75) is 32.1 Å². The first kappa shape index (κ1) is 27.6. The number of nitrogens with zero attached hydrogens (tertiary/aromatic N) is 6. The van der Waals surface area contributed by atoms with Gasteiger partial charge in [-0.15, -0.1) is 0 Å². The van der Waals surface area contributed by atoms with E-state index in [1.807, 2.05) is 0 Å². The van der Waals surface area contributed by atoms with Crippen LogP contribution in [0.4, 0.5) is 24.7 Å². The summed E-state index contributed by atoms with van der Waals surface area (Å²) >= 11 is 0. The number of aryl methyl sites for hydroxylation is 1. The van der Waals surface area contributed by atoms with E-state index in [1.54, 1.807) is 31.2 Å². The lowest BCUT2D eigenvalue weighted by Crippen LogP contribution is -2.42. The Bertz CT molecular complexity index is 1650. The van der Waals surface area contributed by atoms with Crippen LogP contribution in [-0.4, -0.2) is 61.6 Å². The molecule has 1 saturated heterocycles. The number of hydrogen-bond acceptors (Lipinski definition) is 8. The van der Waals surface area contributed by atoms with Gasteiger partial charge in [-0.2, -0.15) is 23.5 Å². The minimum atomic E-state index is -4.74. The maximum atomic E-state index is 13.7. The lowest BCUT2D eigenvalue weighted by molar-refractivity contribution is -0.141. The molecule has 15 heteroatoms. The molecule has 1 aromatic carbocycles. The number of hydrogen-bond donors (Lipinski definition) is 4. The number of anilines is 2. The highest BCUT2D eigenvalue weighted by molar-refractivity contribution is 5.98. The summed E-state index contributed by atoms with van der Waals surface area (Å²) in [5.74, 6) is -0.392. The molecule has 0 saturated carbocycles. The molecule has 3 aromatic heterocycles. The predicted octanol–water partition coefficient (Wildman–Crippen LogP) is 2.40. The number of imidazole rings is 1. The van der Waals surface area contributed by atoms with Gasteiger partial charge in [0, 0.05) is 42.4 Å². The van der Waals surface area contributed by atoms with Gasteiger partial charge in [0.25, 0.3) is 5.91 Å². The summed E-state index contributed by atoms with van der Waals surface area (Å²) in [5.41, 5.74) is 0.604. The standard InChI is InChI=1S/C26H25F3N10O2/c1-15-10-16(2-3-18(15)25(41)34-13-21(40)35-17-4-6-31-11-17)36-23-24-33-12-20(39(24)9-7-32-23)19-14-38(8-5-30)37-22(19)26(27,28)29/h2-3,7,9-10,12,14,17,31H,4,6,8,11,13H2,1H3,(H,32,36)(H,34,41)(H,35,40)/t17-/m0/s1. The van der Waals surface area contributed by atoms with Gasteiger partial charge < -0.3 is 21.3 Å². The van der Waals surface area contributed by atoms with Crippen LogP contribution in [0.5, 0.6) is 0 Å². The molecule has 12 nitrogen and oxygen atoms in total. The highest BCUT2D eigenvalue weighted by Gasteiger charge is 2.38. The Labute approximate surface area is 231 Å². The minimum Gasteiger partial charge on any atom is -0.351 e. The van der Waals surface area contributed by atoms with Crippen LogP contribution in [0.2, 0.25) is 0 Å². The molecule has 1 atom stereocenters. The topological polar surface area (TPSA) is 154 Å². The molecule has 0 unspecified atom stereocenters. The van der Waals surface area contributed by atoms with Crippen molar-refractivity contribution in [2.75, 3.05) is 25.0 Å². The highest BCUT2D eigenvalue weighted by Crippen LogP contribution is 2.37. The summed E-state index contributed by atoms with van der Waals surface area (Å²) in [7, 11) is 0. The summed E-state index contributed by atoms with van der Waals surface area (Å²) in [5, 5.41) is 24.2. The minimum absolute atomic E-state index is 0.0590. The van der Waals surface area contributed by atoms with Crippen molar-refractivity contribution >= 4 is 29.0 Å². The number of rotatable bonds is 8. The summed E-state index contributed by atoms with van der Waals surface area (Å²) in [6, 6.07) is 6.80. The number of halogens is 3. The van der Waals surface area contributed by atoms with Crippen molar-refractivity contribution in [2.24, 2.45) is 0 Å². The van der Waals surface area contributed by atoms with E-state index in [9.17, 15) is 22.8 Å². The molecular weight excluding hydrogens is 541 g/mol. The molecule has 1 aliphatic rings. The average Bonchev–Trinajstić information content (AvgIpc) is 3.67. The Morgan fingerprint density at radius 2 is 2.10 bits per heavy atom. The number of nitriles is 1. The molecule has 0 spiro atoms. The van der Waals surface area contributed by atoms with E-state index < -0.39 is 17.8 Å². The molecule has 4 heterocycles. The maximum Gasteiger partial charge on any atom is 0.435 e. The Kier molecular flexibility index (Phi) is 7.58. The first-order chi connectivity index (χ1) is 19.6. The third-order valence-corrected chi connectivity index (χ3v) is 6.54. The number of carbonyl (C=O) groups excluding carboxylic acids is 2. The third-order valence-electron chi connectivity index (χ3n) is 6.54. The lowest BCUT2D eigenvalue weighted by atomic mass is 10.1. The number of amides is 2. The molecule has 1 aliphatic heterocycles. The Balaban J connectivity index is 1.33. The number of carbonyl (C=O) groups is 2. The fraction of sp³-hybridized carbons (Fsp3) is 0.308. The van der Waals surface area contributed by atoms with Crippen LogP contribution in [0.25, 0.3) is 16.9 Å². The maximum absolute atomic E-state index is 13.7. The monoisotopic (exact) mass is 566 g/mol. The number of nitrogens with one attached hydrogen (secondary N) is 4. The van der Waals surface area contributed by atoms with Gasteiger partial charge >= 0.3 is 6.18 Å². The van der Waals surface area contributed by atoms with Crippen molar-refractivity contribution < 1.29 is 22.8 Å². The molecule has 4 N–H and O–H groups in total. The van der Waals surface area contributed by atoms with Crippen LogP contribution in [0, 0.1) is 18.3 Å². The average molecular weight is 567 g/mol. The van der Waals surface area contributed by atoms with E-state index in [1.165, 1.54) is 23.0 Å². The molecule has 4 aromatic rings. The first-order valence-corrected chi connectivity index (χ1v) is 12.6. The smallest absolute Gasteiger partial charge is 0.351 e. The summed E-state index contributed by atoms with van der Waals surface area (Å²) in [6.45, 7) is 2.80. The Hall–Kier alpha value is -4.97. The van der Waals surface area contributed by atoms with Crippen LogP contribution in [0.1, 0.15) is 28.0 Å². The van der Waals surface area contributed by atoms with Gasteiger partial charge in [-0.05, 0) is 43.7 Å². The zero-order chi connectivity index (χ0) is 29.1. The summed E-state index contributed by atoms with van der Waals surface area (Å²) in [6.07, 6.45) is 1.43. The predicted molar refractivity (Wildman–Crippen MR) is 141 cm³/mol. The Morgan fingerprint density at radius 1 is 1.27 bits per heavy atom. The van der Waals surface area contributed by atoms with E-state index in [2.05, 4.69) is 36.3 Å². The normalized spacial score (nSPS) is 15.0. The van der Waals surface area contributed by atoms with Crippen molar-refractivity contribution in [1.29, 1.82) is 5.26 Å². The second-order valence-electron chi connectivity index (χ2n) is 9.45. The fourth-order valence-electron chi connectivity index (χ4n) is 4.62. The highest BCUT2D eigenvalue weighted by atomic mass is 19.4. The summed E-state index contributed by atoms with van der Waals surface area (Å²) < 4.78 is 43.5. The van der Waals surface area contributed by atoms with E-state index in [0.717, 1.165) is 23.8 Å². The van der Waals surface area contributed by atoms with Crippen LogP contribution in [0.3, 0.4) is 0 Å². The van der Waals surface area contributed by atoms with Crippen LogP contribution < -0.4 is 21.3 Å². The van der Waals surface area contributed by atoms with Gasteiger partial charge in [0.15, 0.2) is 17.2 Å². The van der Waals surface area contributed by atoms with Gasteiger partial charge in [-0.3, -0.25) is 18.7 Å². The fourth-order valence-corrected chi connectivity index (χ4v) is 4.62. The molecule has 5 rings (SSSR count). The summed E-state index contributed by atoms with van der Waals surface area (Å²) in [4.78, 5) is 33.4. The van der Waals surface area contributed by atoms with Gasteiger partial charge in [0.1, 0.15) is 6.54 Å². The SMILES string of the molecule is Cc1cc(Nc2nccn3c(-c4cn(CC#N)nc4C(F)(F)F)cnc23)ccc1C(=O)NCC(=O)N[C@H]1CCNC1. The van der Waals surface area contributed by atoms with Crippen molar-refractivity contribution in [1.82, 2.24) is 40.1 Å². The van der Waals surface area contributed by atoms with Crippen molar-refractivity contribution in [3.8, 4) is 17.3 Å².